The van der Waals surface area contributed by atoms with Gasteiger partial charge >= 0.3 is 5.97 Å². The van der Waals surface area contributed by atoms with Gasteiger partial charge < -0.3 is 15.5 Å². The number of benzene rings is 2. The van der Waals surface area contributed by atoms with Gasteiger partial charge in [0.05, 0.1) is 11.0 Å². The van der Waals surface area contributed by atoms with Crippen molar-refractivity contribution >= 4 is 16.0 Å². The van der Waals surface area contributed by atoms with E-state index < -0.39 is 27.9 Å². The van der Waals surface area contributed by atoms with Gasteiger partial charge in [0.25, 0.3) is 0 Å². The van der Waals surface area contributed by atoms with Crippen LogP contribution in [0.1, 0.15) is 56.2 Å². The Bertz CT molecular complexity index is 1160. The maximum absolute atomic E-state index is 14.0. The Balaban J connectivity index is 1.46. The van der Waals surface area contributed by atoms with Crippen LogP contribution in [-0.2, 0) is 34.1 Å². The first-order valence-electron chi connectivity index (χ1n) is 12.8. The van der Waals surface area contributed by atoms with Crippen LogP contribution in [0.3, 0.4) is 0 Å². The summed E-state index contributed by atoms with van der Waals surface area (Å²) in [5.41, 5.74) is 2.99. The lowest BCUT2D eigenvalue weighted by Crippen LogP contribution is -2.46. The minimum Gasteiger partial charge on any atom is -0.481 e. The summed E-state index contributed by atoms with van der Waals surface area (Å²) in [6, 6.07) is 12.0. The molecular weight excluding hydrogens is 495 g/mol. The van der Waals surface area contributed by atoms with E-state index in [-0.39, 0.29) is 36.4 Å². The number of sulfonamides is 1. The van der Waals surface area contributed by atoms with E-state index >= 15 is 0 Å². The molecule has 1 aliphatic rings. The third-order valence-corrected chi connectivity index (χ3v) is 8.90. The number of halogens is 1. The average Bonchev–Trinajstić information content (AvgIpc) is 3.24. The molecule has 1 aliphatic carbocycles. The molecular formula is C28H39FN2O5S. The molecule has 0 saturated heterocycles. The Morgan fingerprint density at radius 3 is 2.46 bits per heavy atom. The standard InChI is InChI=1S/C28H39FN2O5S/c1-28(2,12-6-7-20-13-22-8-4-5-9-23(22)14-20)30-18-25(32)19-31(3)37(35,36)26-16-21(10-11-27(33)34)15-24(29)17-26/h4-5,8-9,15-17,20,25,30,32H,6-7,10-14,18-19H2,1-3H3,(H,33,34)/t25-/m1/s1. The monoisotopic (exact) mass is 534 g/mol. The van der Waals surface area contributed by atoms with E-state index in [9.17, 15) is 22.7 Å². The van der Waals surface area contributed by atoms with Gasteiger partial charge in [0.1, 0.15) is 5.82 Å². The first-order valence-corrected chi connectivity index (χ1v) is 14.3. The number of nitrogens with one attached hydrogen (secondary N) is 1. The number of aryl methyl sites for hydroxylation is 1. The van der Waals surface area contributed by atoms with E-state index in [1.54, 1.807) is 0 Å². The molecule has 0 saturated carbocycles. The number of aliphatic hydroxyl groups is 1. The zero-order valence-electron chi connectivity index (χ0n) is 21.9. The van der Waals surface area contributed by atoms with Crippen LogP contribution in [0.4, 0.5) is 4.39 Å². The van der Waals surface area contributed by atoms with Crippen molar-refractivity contribution in [3.8, 4) is 0 Å². The zero-order chi connectivity index (χ0) is 27.2. The first-order chi connectivity index (χ1) is 17.4. The summed E-state index contributed by atoms with van der Waals surface area (Å²) in [7, 11) is -2.72. The molecule has 1 atom stereocenters. The first kappa shape index (κ1) is 29.2. The summed E-state index contributed by atoms with van der Waals surface area (Å²) < 4.78 is 41.0. The fourth-order valence-electron chi connectivity index (χ4n) is 4.97. The molecule has 3 N–H and O–H groups in total. The summed E-state index contributed by atoms with van der Waals surface area (Å²) in [6.07, 6.45) is 4.25. The highest BCUT2D eigenvalue weighted by molar-refractivity contribution is 7.89. The van der Waals surface area contributed by atoms with Gasteiger partial charge in [-0.05, 0) is 86.8 Å². The van der Waals surface area contributed by atoms with Crippen LogP contribution < -0.4 is 5.32 Å². The number of carbonyl (C=O) groups is 1. The van der Waals surface area contributed by atoms with Crippen LogP contribution in [0.25, 0.3) is 0 Å². The third kappa shape index (κ3) is 8.60. The highest BCUT2D eigenvalue weighted by Gasteiger charge is 2.26. The summed E-state index contributed by atoms with van der Waals surface area (Å²) in [6.45, 7) is 4.21. The Morgan fingerprint density at radius 1 is 1.19 bits per heavy atom. The van der Waals surface area contributed by atoms with Crippen molar-refractivity contribution in [2.24, 2.45) is 5.92 Å². The number of hydrogen-bond donors (Lipinski definition) is 3. The van der Waals surface area contributed by atoms with E-state index in [1.807, 2.05) is 0 Å². The SMILES string of the molecule is CN(C[C@H](O)CNC(C)(C)CCCC1Cc2ccccc2C1)S(=O)(=O)c1cc(F)cc(CCC(=O)O)c1. The van der Waals surface area contributed by atoms with Gasteiger partial charge in [-0.3, -0.25) is 4.79 Å². The molecule has 0 fully saturated rings. The second kappa shape index (κ2) is 12.5. The molecule has 0 amide bonds. The lowest BCUT2D eigenvalue weighted by atomic mass is 9.92. The molecule has 0 radical (unpaired) electrons. The molecule has 7 nitrogen and oxygen atoms in total. The highest BCUT2D eigenvalue weighted by atomic mass is 32.2. The van der Waals surface area contributed by atoms with Gasteiger partial charge in [0, 0.05) is 32.1 Å². The third-order valence-electron chi connectivity index (χ3n) is 7.10. The van der Waals surface area contributed by atoms with Crippen molar-refractivity contribution in [1.82, 2.24) is 9.62 Å². The maximum Gasteiger partial charge on any atom is 0.303 e. The summed E-state index contributed by atoms with van der Waals surface area (Å²) in [4.78, 5) is 10.5. The predicted molar refractivity (Wildman–Crippen MR) is 141 cm³/mol. The topological polar surface area (TPSA) is 107 Å². The van der Waals surface area contributed by atoms with E-state index in [0.29, 0.717) is 11.5 Å². The smallest absolute Gasteiger partial charge is 0.303 e. The van der Waals surface area contributed by atoms with Gasteiger partial charge in [0.15, 0.2) is 0 Å². The van der Waals surface area contributed by atoms with Crippen LogP contribution >= 0.6 is 0 Å². The van der Waals surface area contributed by atoms with E-state index in [2.05, 4.69) is 43.4 Å². The lowest BCUT2D eigenvalue weighted by Gasteiger charge is -2.29. The van der Waals surface area contributed by atoms with E-state index in [0.717, 1.165) is 48.5 Å². The van der Waals surface area contributed by atoms with Crippen molar-refractivity contribution in [3.05, 3.63) is 65.0 Å². The van der Waals surface area contributed by atoms with Crippen molar-refractivity contribution in [2.45, 2.75) is 75.3 Å². The molecule has 3 rings (SSSR count). The Hall–Kier alpha value is -2.33. The number of nitrogens with zero attached hydrogens (tertiary/aromatic N) is 1. The Labute approximate surface area is 219 Å². The fraction of sp³-hybridized carbons (Fsp3) is 0.536. The molecule has 9 heteroatoms. The summed E-state index contributed by atoms with van der Waals surface area (Å²) in [5, 5.41) is 22.7. The molecule has 0 spiro atoms. The summed E-state index contributed by atoms with van der Waals surface area (Å²) >= 11 is 0. The number of aliphatic carboxylic acids is 1. The second-order valence-corrected chi connectivity index (χ2v) is 12.9. The number of carboxylic acids is 1. The van der Waals surface area contributed by atoms with Gasteiger partial charge in [-0.15, -0.1) is 0 Å². The van der Waals surface area contributed by atoms with Crippen molar-refractivity contribution < 1.29 is 27.8 Å². The number of fused-ring (bicyclic) bond motifs is 1. The minimum atomic E-state index is -4.06. The van der Waals surface area contributed by atoms with Crippen LogP contribution in [0.15, 0.2) is 47.4 Å². The van der Waals surface area contributed by atoms with Crippen molar-refractivity contribution in [1.29, 1.82) is 0 Å². The lowest BCUT2D eigenvalue weighted by molar-refractivity contribution is -0.136. The molecule has 0 aromatic heterocycles. The van der Waals surface area contributed by atoms with Gasteiger partial charge in [-0.1, -0.05) is 30.7 Å². The van der Waals surface area contributed by atoms with E-state index in [1.165, 1.54) is 24.2 Å². The molecule has 2 aromatic rings. The second-order valence-electron chi connectivity index (χ2n) is 10.8. The average molecular weight is 535 g/mol. The Kier molecular flexibility index (Phi) is 9.86. The minimum absolute atomic E-state index is 0.0225. The van der Waals surface area contributed by atoms with Crippen LogP contribution in [0.2, 0.25) is 0 Å². The van der Waals surface area contributed by atoms with Crippen LogP contribution in [0, 0.1) is 11.7 Å². The Morgan fingerprint density at radius 2 is 1.84 bits per heavy atom. The highest BCUT2D eigenvalue weighted by Crippen LogP contribution is 2.30. The molecule has 2 aromatic carbocycles. The van der Waals surface area contributed by atoms with Crippen LogP contribution in [0.5, 0.6) is 0 Å². The maximum atomic E-state index is 14.0. The number of rotatable bonds is 14. The summed E-state index contributed by atoms with van der Waals surface area (Å²) in [5.74, 6) is -1.13. The van der Waals surface area contributed by atoms with Gasteiger partial charge in [0.2, 0.25) is 10.0 Å². The van der Waals surface area contributed by atoms with Gasteiger partial charge in [-0.2, -0.15) is 4.31 Å². The number of hydrogen-bond acceptors (Lipinski definition) is 5. The normalized spacial score (nSPS) is 15.2. The van der Waals surface area contributed by atoms with Gasteiger partial charge in [-0.25, -0.2) is 12.8 Å². The zero-order valence-corrected chi connectivity index (χ0v) is 22.7. The van der Waals surface area contributed by atoms with Crippen molar-refractivity contribution in [3.63, 3.8) is 0 Å². The molecule has 0 aliphatic heterocycles. The predicted octanol–water partition coefficient (Wildman–Crippen LogP) is 3.78. The van der Waals surface area contributed by atoms with E-state index in [4.69, 9.17) is 5.11 Å². The fourth-order valence-corrected chi connectivity index (χ4v) is 6.26. The van der Waals surface area contributed by atoms with Crippen LogP contribution in [-0.4, -0.2) is 60.7 Å². The largest absolute Gasteiger partial charge is 0.481 e. The molecule has 0 heterocycles. The number of aliphatic hydroxyl groups excluding tert-OH is 1. The molecule has 0 unspecified atom stereocenters. The number of carboxylic acid groups (broad SMARTS) is 1. The number of β-amino-alcohol motifs (C(OH)–C–C–N with tert-alkyl or cyclic N) is 1. The quantitative estimate of drug-likeness (QED) is 0.341. The molecule has 0 bridgehead atoms. The number of likely N-dealkylation sites (N-methyl/N-ethyl adjacent to an activating group) is 1. The van der Waals surface area contributed by atoms with Crippen molar-refractivity contribution in [2.75, 3.05) is 20.1 Å². The molecule has 204 valence electrons. The molecule has 37 heavy (non-hydrogen) atoms.